The minimum absolute atomic E-state index is 0.0111. The van der Waals surface area contributed by atoms with Gasteiger partial charge in [0.15, 0.2) is 0 Å². The molecule has 0 aliphatic heterocycles. The number of carbonyl (C=O) groups is 1. The maximum atomic E-state index is 12.9. The summed E-state index contributed by atoms with van der Waals surface area (Å²) in [5, 5.41) is 15.1. The number of aliphatic hydroxyl groups is 1. The standard InChI is InChI=1S/C29H49NO4/c1-5-34-25-17-28(2)18(15-24(25)31)11-12-20-21-13-14-22(27(32)33-4)29(21,3)16-23(26(20)28)30-19-9-7-6-8-10-19/h18-26,30-31H,5-17H2,1-4H3/t18?,20-,21-,22?,23?,24?,25?,26-,28-,29-/m0/s1. The minimum Gasteiger partial charge on any atom is -0.469 e. The molecule has 0 spiro atoms. The van der Waals surface area contributed by atoms with E-state index in [0.29, 0.717) is 42.4 Å². The van der Waals surface area contributed by atoms with Gasteiger partial charge in [0.2, 0.25) is 0 Å². The van der Waals surface area contributed by atoms with Crippen LogP contribution in [0.2, 0.25) is 0 Å². The molecule has 194 valence electrons. The van der Waals surface area contributed by atoms with Crippen LogP contribution in [0.15, 0.2) is 0 Å². The largest absolute Gasteiger partial charge is 0.469 e. The number of methoxy groups -OCH3 is 1. The van der Waals surface area contributed by atoms with Crippen LogP contribution in [0.4, 0.5) is 0 Å². The molecule has 0 heterocycles. The van der Waals surface area contributed by atoms with E-state index < -0.39 is 0 Å². The van der Waals surface area contributed by atoms with Gasteiger partial charge in [0.1, 0.15) is 0 Å². The molecule has 0 bridgehead atoms. The Balaban J connectivity index is 1.49. The van der Waals surface area contributed by atoms with Gasteiger partial charge in [-0.25, -0.2) is 0 Å². The molecular weight excluding hydrogens is 426 g/mol. The second-order valence-electron chi connectivity index (χ2n) is 13.0. The van der Waals surface area contributed by atoms with Crippen molar-refractivity contribution in [3.63, 3.8) is 0 Å². The fraction of sp³-hybridized carbons (Fsp3) is 0.966. The Hall–Kier alpha value is -0.650. The molecule has 0 aromatic carbocycles. The summed E-state index contributed by atoms with van der Waals surface area (Å²) in [5.41, 5.74) is 0.205. The van der Waals surface area contributed by atoms with Crippen molar-refractivity contribution >= 4 is 5.97 Å². The van der Waals surface area contributed by atoms with Crippen LogP contribution in [0, 0.1) is 40.4 Å². The zero-order valence-electron chi connectivity index (χ0n) is 22.1. The molecule has 34 heavy (non-hydrogen) atoms. The maximum absolute atomic E-state index is 12.9. The molecule has 5 heteroatoms. The lowest BCUT2D eigenvalue weighted by Crippen LogP contribution is -2.65. The third-order valence-corrected chi connectivity index (χ3v) is 11.5. The van der Waals surface area contributed by atoms with Crippen molar-refractivity contribution in [3.05, 3.63) is 0 Å². The Labute approximate surface area is 207 Å². The van der Waals surface area contributed by atoms with Gasteiger partial charge >= 0.3 is 5.97 Å². The predicted octanol–water partition coefficient (Wildman–Crippen LogP) is 5.10. The smallest absolute Gasteiger partial charge is 0.309 e. The quantitative estimate of drug-likeness (QED) is 0.542. The maximum Gasteiger partial charge on any atom is 0.309 e. The number of ether oxygens (including phenoxy) is 2. The molecule has 5 nitrogen and oxygen atoms in total. The first-order chi connectivity index (χ1) is 16.3. The third-order valence-electron chi connectivity index (χ3n) is 11.5. The van der Waals surface area contributed by atoms with Gasteiger partial charge in [0.25, 0.3) is 0 Å². The molecule has 2 N–H and O–H groups in total. The second kappa shape index (κ2) is 9.67. The molecule has 5 saturated carbocycles. The number of carbonyl (C=O) groups excluding carboxylic acids is 1. The van der Waals surface area contributed by atoms with Crippen molar-refractivity contribution in [2.24, 2.45) is 40.4 Å². The molecule has 5 unspecified atom stereocenters. The van der Waals surface area contributed by atoms with E-state index in [4.69, 9.17) is 9.47 Å². The zero-order valence-corrected chi connectivity index (χ0v) is 22.1. The highest BCUT2D eigenvalue weighted by atomic mass is 16.5. The number of hydrogen-bond donors (Lipinski definition) is 2. The van der Waals surface area contributed by atoms with Crippen molar-refractivity contribution in [2.75, 3.05) is 13.7 Å². The van der Waals surface area contributed by atoms with E-state index in [-0.39, 0.29) is 34.9 Å². The lowest BCUT2D eigenvalue weighted by Gasteiger charge is -2.64. The van der Waals surface area contributed by atoms with Gasteiger partial charge in [-0.3, -0.25) is 4.79 Å². The fourth-order valence-corrected chi connectivity index (χ4v) is 10.1. The summed E-state index contributed by atoms with van der Waals surface area (Å²) in [6.45, 7) is 7.68. The third kappa shape index (κ3) is 4.06. The predicted molar refractivity (Wildman–Crippen MR) is 133 cm³/mol. The lowest BCUT2D eigenvalue weighted by molar-refractivity contribution is -0.183. The molecule has 5 aliphatic carbocycles. The van der Waals surface area contributed by atoms with Crippen molar-refractivity contribution in [2.45, 2.75) is 122 Å². The molecule has 0 saturated heterocycles. The molecule has 0 amide bonds. The van der Waals surface area contributed by atoms with Gasteiger partial charge in [-0.1, -0.05) is 33.1 Å². The molecule has 0 radical (unpaired) electrons. The second-order valence-corrected chi connectivity index (χ2v) is 13.0. The number of nitrogens with one attached hydrogen (secondary N) is 1. The van der Waals surface area contributed by atoms with E-state index in [0.717, 1.165) is 32.1 Å². The summed E-state index contributed by atoms with van der Waals surface area (Å²) < 4.78 is 11.4. The summed E-state index contributed by atoms with van der Waals surface area (Å²) in [4.78, 5) is 12.9. The van der Waals surface area contributed by atoms with Gasteiger partial charge < -0.3 is 19.9 Å². The Morgan fingerprint density at radius 3 is 2.47 bits per heavy atom. The monoisotopic (exact) mass is 475 g/mol. The van der Waals surface area contributed by atoms with E-state index >= 15 is 0 Å². The zero-order chi connectivity index (χ0) is 24.1. The number of hydrogen-bond acceptors (Lipinski definition) is 5. The summed E-state index contributed by atoms with van der Waals surface area (Å²) in [5.74, 6) is 2.46. The SMILES string of the molecule is CCOC1C[C@@]2(C)C(CC[C@@H]3[C@H]2C(NC2CCCCC2)C[C@]2(C)C(C(=O)OC)CC[C@@H]32)CC1O. The van der Waals surface area contributed by atoms with E-state index in [1.165, 1.54) is 44.9 Å². The van der Waals surface area contributed by atoms with Crippen LogP contribution in [-0.2, 0) is 14.3 Å². The van der Waals surface area contributed by atoms with Crippen LogP contribution in [0.1, 0.15) is 97.8 Å². The highest BCUT2D eigenvalue weighted by Crippen LogP contribution is 2.67. The Morgan fingerprint density at radius 1 is 1.00 bits per heavy atom. The normalized spacial score (nSPS) is 49.1. The van der Waals surface area contributed by atoms with Gasteiger partial charge in [0.05, 0.1) is 25.2 Å². The average Bonchev–Trinajstić information content (AvgIpc) is 3.17. The molecule has 5 rings (SSSR count). The van der Waals surface area contributed by atoms with Crippen molar-refractivity contribution in [3.8, 4) is 0 Å². The number of esters is 1. The van der Waals surface area contributed by atoms with Gasteiger partial charge in [0, 0.05) is 18.7 Å². The van der Waals surface area contributed by atoms with Crippen LogP contribution in [0.25, 0.3) is 0 Å². The fourth-order valence-electron chi connectivity index (χ4n) is 10.1. The van der Waals surface area contributed by atoms with E-state index in [1.807, 2.05) is 0 Å². The van der Waals surface area contributed by atoms with E-state index in [9.17, 15) is 9.90 Å². The average molecular weight is 476 g/mol. The van der Waals surface area contributed by atoms with E-state index in [2.05, 4.69) is 26.1 Å². The van der Waals surface area contributed by atoms with Crippen LogP contribution < -0.4 is 5.32 Å². The minimum atomic E-state index is -0.330. The molecule has 0 aromatic heterocycles. The van der Waals surface area contributed by atoms with Crippen LogP contribution in [0.3, 0.4) is 0 Å². The highest BCUT2D eigenvalue weighted by molar-refractivity contribution is 5.74. The molecular formula is C29H49NO4. The van der Waals surface area contributed by atoms with Gasteiger partial charge in [-0.05, 0) is 99.2 Å². The Bertz CT molecular complexity index is 738. The first-order valence-electron chi connectivity index (χ1n) is 14.4. The summed E-state index contributed by atoms with van der Waals surface area (Å²) in [6, 6.07) is 1.04. The van der Waals surface area contributed by atoms with E-state index in [1.54, 1.807) is 7.11 Å². The molecule has 10 atom stereocenters. The first-order valence-corrected chi connectivity index (χ1v) is 14.4. The number of aliphatic hydroxyl groups excluding tert-OH is 1. The van der Waals surface area contributed by atoms with Gasteiger partial charge in [-0.2, -0.15) is 0 Å². The topological polar surface area (TPSA) is 67.8 Å². The number of fused-ring (bicyclic) bond motifs is 5. The lowest BCUT2D eigenvalue weighted by atomic mass is 9.43. The highest BCUT2D eigenvalue weighted by Gasteiger charge is 2.65. The first kappa shape index (κ1) is 25.0. The van der Waals surface area contributed by atoms with Crippen LogP contribution in [0.5, 0.6) is 0 Å². The summed E-state index contributed by atoms with van der Waals surface area (Å²) in [6.07, 6.45) is 13.8. The van der Waals surface area contributed by atoms with Crippen molar-refractivity contribution in [1.29, 1.82) is 0 Å². The van der Waals surface area contributed by atoms with Crippen molar-refractivity contribution in [1.82, 2.24) is 5.32 Å². The molecule has 0 aromatic rings. The molecule has 5 fully saturated rings. The summed E-state index contributed by atoms with van der Waals surface area (Å²) in [7, 11) is 1.57. The van der Waals surface area contributed by atoms with Gasteiger partial charge in [-0.15, -0.1) is 0 Å². The van der Waals surface area contributed by atoms with Crippen LogP contribution >= 0.6 is 0 Å². The van der Waals surface area contributed by atoms with Crippen molar-refractivity contribution < 1.29 is 19.4 Å². The van der Waals surface area contributed by atoms with Crippen LogP contribution in [-0.4, -0.2) is 49.1 Å². The summed E-state index contributed by atoms with van der Waals surface area (Å²) >= 11 is 0. The Kier molecular flexibility index (Phi) is 7.11. The Morgan fingerprint density at radius 2 is 1.76 bits per heavy atom. The number of rotatable bonds is 5. The molecule has 5 aliphatic rings.